The van der Waals surface area contributed by atoms with E-state index in [4.69, 9.17) is 22.1 Å². The minimum absolute atomic E-state index is 0.00421. The number of unbranched alkanes of at least 4 members (excludes halogenated alkanes) is 3. The van der Waals surface area contributed by atoms with Crippen LogP contribution in [0.1, 0.15) is 44.2 Å². The number of ether oxygens (including phenoxy) is 1. The van der Waals surface area contributed by atoms with Crippen LogP contribution in [0.3, 0.4) is 0 Å². The molecule has 0 aliphatic carbocycles. The first-order valence-corrected chi connectivity index (χ1v) is 6.81. The van der Waals surface area contributed by atoms with Gasteiger partial charge in [0.05, 0.1) is 11.6 Å². The average molecular weight is 268 g/mol. The van der Waals surface area contributed by atoms with Gasteiger partial charge in [0, 0.05) is 6.04 Å². The SMILES string of the molecule is C=CCCCCCOc1ccc([C@@H](C)N)cc1Cl. The highest BCUT2D eigenvalue weighted by Crippen LogP contribution is 2.27. The summed E-state index contributed by atoms with van der Waals surface area (Å²) in [6.07, 6.45) is 6.39. The van der Waals surface area contributed by atoms with Crippen LogP contribution in [0.15, 0.2) is 30.9 Å². The van der Waals surface area contributed by atoms with E-state index in [-0.39, 0.29) is 6.04 Å². The van der Waals surface area contributed by atoms with Crippen LogP contribution in [-0.4, -0.2) is 6.61 Å². The van der Waals surface area contributed by atoms with Gasteiger partial charge in [-0.05, 0) is 50.3 Å². The lowest BCUT2D eigenvalue weighted by Gasteiger charge is -2.11. The Labute approximate surface area is 115 Å². The Kier molecular flexibility index (Phi) is 6.84. The Morgan fingerprint density at radius 2 is 2.17 bits per heavy atom. The van der Waals surface area contributed by atoms with E-state index >= 15 is 0 Å². The zero-order valence-electron chi connectivity index (χ0n) is 11.0. The number of nitrogens with two attached hydrogens (primary N) is 1. The second kappa shape index (κ2) is 8.17. The molecule has 1 aromatic rings. The molecule has 0 unspecified atom stereocenters. The fourth-order valence-electron chi connectivity index (χ4n) is 1.67. The molecule has 0 aliphatic rings. The van der Waals surface area contributed by atoms with Crippen LogP contribution in [0, 0.1) is 0 Å². The molecule has 0 aliphatic heterocycles. The van der Waals surface area contributed by atoms with Crippen molar-refractivity contribution in [2.75, 3.05) is 6.61 Å². The maximum atomic E-state index is 6.14. The highest BCUT2D eigenvalue weighted by atomic mass is 35.5. The van der Waals surface area contributed by atoms with Crippen molar-refractivity contribution in [3.8, 4) is 5.75 Å². The van der Waals surface area contributed by atoms with E-state index in [1.165, 1.54) is 6.42 Å². The van der Waals surface area contributed by atoms with Gasteiger partial charge in [-0.25, -0.2) is 0 Å². The normalized spacial score (nSPS) is 12.2. The predicted molar refractivity (Wildman–Crippen MR) is 78.2 cm³/mol. The van der Waals surface area contributed by atoms with Crippen molar-refractivity contribution in [1.29, 1.82) is 0 Å². The van der Waals surface area contributed by atoms with Crippen molar-refractivity contribution in [2.45, 2.75) is 38.6 Å². The van der Waals surface area contributed by atoms with Gasteiger partial charge in [0.15, 0.2) is 0 Å². The molecule has 2 nitrogen and oxygen atoms in total. The lowest BCUT2D eigenvalue weighted by atomic mass is 10.1. The number of halogens is 1. The van der Waals surface area contributed by atoms with Crippen LogP contribution in [-0.2, 0) is 0 Å². The van der Waals surface area contributed by atoms with Crippen LogP contribution in [0.5, 0.6) is 5.75 Å². The standard InChI is InChI=1S/C15H22ClNO/c1-3-4-5-6-7-10-18-15-9-8-13(12(2)17)11-14(15)16/h3,8-9,11-12H,1,4-7,10,17H2,2H3/t12-/m1/s1. The molecule has 3 heteroatoms. The topological polar surface area (TPSA) is 35.2 Å². The van der Waals surface area contributed by atoms with Gasteiger partial charge in [0.25, 0.3) is 0 Å². The molecule has 0 spiro atoms. The summed E-state index contributed by atoms with van der Waals surface area (Å²) >= 11 is 6.14. The van der Waals surface area contributed by atoms with Crippen LogP contribution < -0.4 is 10.5 Å². The lowest BCUT2D eigenvalue weighted by molar-refractivity contribution is 0.305. The molecule has 1 rings (SSSR count). The van der Waals surface area contributed by atoms with Crippen LogP contribution in [0.25, 0.3) is 0 Å². The van der Waals surface area contributed by atoms with E-state index in [1.54, 1.807) is 0 Å². The van der Waals surface area contributed by atoms with E-state index in [2.05, 4.69) is 6.58 Å². The maximum Gasteiger partial charge on any atom is 0.137 e. The third-order valence-corrected chi connectivity index (χ3v) is 3.09. The van der Waals surface area contributed by atoms with E-state index in [1.807, 2.05) is 31.2 Å². The number of allylic oxidation sites excluding steroid dienone is 1. The zero-order chi connectivity index (χ0) is 13.4. The Morgan fingerprint density at radius 3 is 2.78 bits per heavy atom. The minimum atomic E-state index is -0.00421. The molecule has 18 heavy (non-hydrogen) atoms. The van der Waals surface area contributed by atoms with Crippen LogP contribution in [0.2, 0.25) is 5.02 Å². The number of hydrogen-bond acceptors (Lipinski definition) is 2. The fraction of sp³-hybridized carbons (Fsp3) is 0.467. The zero-order valence-corrected chi connectivity index (χ0v) is 11.7. The van der Waals surface area contributed by atoms with Gasteiger partial charge in [-0.15, -0.1) is 6.58 Å². The van der Waals surface area contributed by atoms with Gasteiger partial charge < -0.3 is 10.5 Å². The Balaban J connectivity index is 2.36. The summed E-state index contributed by atoms with van der Waals surface area (Å²) in [7, 11) is 0. The van der Waals surface area contributed by atoms with Crippen LogP contribution >= 0.6 is 11.6 Å². The summed E-state index contributed by atoms with van der Waals surface area (Å²) in [6, 6.07) is 5.73. The third-order valence-electron chi connectivity index (χ3n) is 2.79. The van der Waals surface area contributed by atoms with E-state index in [0.29, 0.717) is 11.6 Å². The van der Waals surface area contributed by atoms with Crippen molar-refractivity contribution in [2.24, 2.45) is 5.73 Å². The molecule has 0 amide bonds. The third kappa shape index (κ3) is 5.11. The van der Waals surface area contributed by atoms with Crippen molar-refractivity contribution in [3.63, 3.8) is 0 Å². The molecular formula is C15H22ClNO. The molecule has 100 valence electrons. The monoisotopic (exact) mass is 267 g/mol. The minimum Gasteiger partial charge on any atom is -0.492 e. The van der Waals surface area contributed by atoms with Gasteiger partial charge in [-0.2, -0.15) is 0 Å². The summed E-state index contributed by atoms with van der Waals surface area (Å²) in [5, 5.41) is 0.635. The van der Waals surface area contributed by atoms with E-state index in [0.717, 1.165) is 30.6 Å². The summed E-state index contributed by atoms with van der Waals surface area (Å²) in [6.45, 7) is 6.34. The van der Waals surface area contributed by atoms with Gasteiger partial charge in [-0.3, -0.25) is 0 Å². The largest absolute Gasteiger partial charge is 0.492 e. The Hall–Kier alpha value is -0.990. The molecule has 1 atom stereocenters. The molecule has 0 radical (unpaired) electrons. The lowest BCUT2D eigenvalue weighted by Crippen LogP contribution is -2.05. The van der Waals surface area contributed by atoms with Crippen molar-refractivity contribution in [3.05, 3.63) is 41.4 Å². The summed E-state index contributed by atoms with van der Waals surface area (Å²) in [5.41, 5.74) is 6.82. The van der Waals surface area contributed by atoms with Gasteiger partial charge in [0.2, 0.25) is 0 Å². The first kappa shape index (κ1) is 15.1. The first-order chi connectivity index (χ1) is 8.65. The fourth-order valence-corrected chi connectivity index (χ4v) is 1.91. The van der Waals surface area contributed by atoms with Crippen LogP contribution in [0.4, 0.5) is 0 Å². The number of rotatable bonds is 8. The van der Waals surface area contributed by atoms with E-state index in [9.17, 15) is 0 Å². The average Bonchev–Trinajstić information content (AvgIpc) is 2.35. The van der Waals surface area contributed by atoms with Crippen molar-refractivity contribution in [1.82, 2.24) is 0 Å². The second-order valence-electron chi connectivity index (χ2n) is 4.47. The van der Waals surface area contributed by atoms with Gasteiger partial charge >= 0.3 is 0 Å². The Bertz CT molecular complexity index is 377. The number of benzene rings is 1. The van der Waals surface area contributed by atoms with Gasteiger partial charge in [0.1, 0.15) is 5.75 Å². The molecule has 0 saturated heterocycles. The molecule has 0 heterocycles. The van der Waals surface area contributed by atoms with E-state index < -0.39 is 0 Å². The second-order valence-corrected chi connectivity index (χ2v) is 4.87. The molecular weight excluding hydrogens is 246 g/mol. The molecule has 0 aromatic heterocycles. The maximum absolute atomic E-state index is 6.14. The summed E-state index contributed by atoms with van der Waals surface area (Å²) < 4.78 is 5.65. The first-order valence-electron chi connectivity index (χ1n) is 6.44. The summed E-state index contributed by atoms with van der Waals surface area (Å²) in [4.78, 5) is 0. The molecule has 1 aromatic carbocycles. The summed E-state index contributed by atoms with van der Waals surface area (Å²) in [5.74, 6) is 0.741. The molecule has 0 fully saturated rings. The van der Waals surface area contributed by atoms with Crippen molar-refractivity contribution < 1.29 is 4.74 Å². The quantitative estimate of drug-likeness (QED) is 0.557. The predicted octanol–water partition coefficient (Wildman–Crippen LogP) is 4.48. The molecule has 0 saturated carbocycles. The Morgan fingerprint density at radius 1 is 1.39 bits per heavy atom. The highest BCUT2D eigenvalue weighted by Gasteiger charge is 2.05. The smallest absolute Gasteiger partial charge is 0.137 e. The molecule has 2 N–H and O–H groups in total. The number of hydrogen-bond donors (Lipinski definition) is 1. The highest BCUT2D eigenvalue weighted by molar-refractivity contribution is 6.32. The van der Waals surface area contributed by atoms with Gasteiger partial charge in [-0.1, -0.05) is 23.7 Å². The molecule has 0 bridgehead atoms. The van der Waals surface area contributed by atoms with Crippen molar-refractivity contribution >= 4 is 11.6 Å².